The smallest absolute Gasteiger partial charge is 0.334 e. The van der Waals surface area contributed by atoms with Gasteiger partial charge in [0.1, 0.15) is 6.10 Å². The Hall–Kier alpha value is -1.17. The van der Waals surface area contributed by atoms with Crippen LogP contribution in [0.4, 0.5) is 0 Å². The zero-order valence-electron chi connectivity index (χ0n) is 18.8. The van der Waals surface area contributed by atoms with Gasteiger partial charge in [-0.1, -0.05) is 76.5 Å². The van der Waals surface area contributed by atoms with Crippen LogP contribution in [0.2, 0.25) is 0 Å². The highest BCUT2D eigenvalue weighted by atomic mass is 16.7. The van der Waals surface area contributed by atoms with Crippen molar-refractivity contribution in [1.82, 2.24) is 0 Å². The standard InChI is InChI=1S/C25H42O5/c1-2-3-4-5-6-7-8-9-10-11-12-13-14-15-16-17-18-21-19-25(30-23(21)27)20-29-24(28)22(25)26/h9-10,18,22,24,26,28H,2-8,11-17,19-20H2,1H3/b10-9-,21-18-/t22-,24?,25+/m0/s1. The van der Waals surface area contributed by atoms with E-state index in [0.29, 0.717) is 12.0 Å². The molecule has 0 aromatic carbocycles. The highest BCUT2D eigenvalue weighted by Crippen LogP contribution is 2.39. The van der Waals surface area contributed by atoms with Gasteiger partial charge in [0.25, 0.3) is 0 Å². The van der Waals surface area contributed by atoms with Crippen LogP contribution in [0, 0.1) is 0 Å². The van der Waals surface area contributed by atoms with Crippen molar-refractivity contribution >= 4 is 5.97 Å². The van der Waals surface area contributed by atoms with Crippen LogP contribution in [0.25, 0.3) is 0 Å². The molecule has 0 radical (unpaired) electrons. The Labute approximate surface area is 182 Å². The molecule has 2 heterocycles. The lowest BCUT2D eigenvalue weighted by Gasteiger charge is -2.23. The summed E-state index contributed by atoms with van der Waals surface area (Å²) >= 11 is 0. The van der Waals surface area contributed by atoms with Crippen molar-refractivity contribution in [3.8, 4) is 0 Å². The molecule has 3 atom stereocenters. The first-order valence-corrected chi connectivity index (χ1v) is 12.1. The summed E-state index contributed by atoms with van der Waals surface area (Å²) in [5.74, 6) is -0.389. The molecular weight excluding hydrogens is 380 g/mol. The van der Waals surface area contributed by atoms with E-state index in [9.17, 15) is 15.0 Å². The number of ether oxygens (including phenoxy) is 2. The molecule has 2 saturated heterocycles. The average Bonchev–Trinajstić information content (AvgIpc) is 3.20. The molecule has 1 unspecified atom stereocenters. The number of allylic oxidation sites excluding steroid dienone is 3. The van der Waals surface area contributed by atoms with E-state index in [2.05, 4.69) is 19.1 Å². The van der Waals surface area contributed by atoms with Crippen LogP contribution in [-0.2, 0) is 14.3 Å². The quantitative estimate of drug-likeness (QED) is 0.161. The fraction of sp³-hybridized carbons (Fsp3) is 0.800. The summed E-state index contributed by atoms with van der Waals surface area (Å²) in [6.45, 7) is 2.31. The first kappa shape index (κ1) is 25.1. The number of esters is 1. The van der Waals surface area contributed by atoms with E-state index >= 15 is 0 Å². The van der Waals surface area contributed by atoms with Crippen molar-refractivity contribution < 1.29 is 24.5 Å². The zero-order valence-corrected chi connectivity index (χ0v) is 18.8. The Morgan fingerprint density at radius 1 is 0.900 bits per heavy atom. The second-order valence-corrected chi connectivity index (χ2v) is 8.88. The maximum absolute atomic E-state index is 12.0. The van der Waals surface area contributed by atoms with Gasteiger partial charge in [-0.15, -0.1) is 0 Å². The van der Waals surface area contributed by atoms with Gasteiger partial charge in [-0.25, -0.2) is 4.79 Å². The van der Waals surface area contributed by atoms with Crippen molar-refractivity contribution in [1.29, 1.82) is 0 Å². The first-order chi connectivity index (χ1) is 14.6. The first-order valence-electron chi connectivity index (χ1n) is 12.1. The molecule has 1 spiro atoms. The lowest BCUT2D eigenvalue weighted by atomic mass is 9.93. The van der Waals surface area contributed by atoms with Crippen LogP contribution >= 0.6 is 0 Å². The minimum atomic E-state index is -1.28. The average molecular weight is 423 g/mol. The summed E-state index contributed by atoms with van der Waals surface area (Å²) in [5.41, 5.74) is -0.493. The van der Waals surface area contributed by atoms with E-state index in [1.54, 1.807) is 0 Å². The molecule has 0 bridgehead atoms. The maximum atomic E-state index is 12.0. The molecule has 2 fully saturated rings. The van der Waals surface area contributed by atoms with Gasteiger partial charge in [-0.2, -0.15) is 0 Å². The van der Waals surface area contributed by atoms with E-state index in [1.807, 2.05) is 6.08 Å². The largest absolute Gasteiger partial charge is 0.450 e. The van der Waals surface area contributed by atoms with E-state index in [0.717, 1.165) is 19.3 Å². The molecule has 2 aliphatic rings. The minimum Gasteiger partial charge on any atom is -0.450 e. The van der Waals surface area contributed by atoms with Gasteiger partial charge < -0.3 is 19.7 Å². The Bertz CT molecular complexity index is 556. The van der Waals surface area contributed by atoms with Gasteiger partial charge in [0.2, 0.25) is 0 Å². The van der Waals surface area contributed by atoms with E-state index in [1.165, 1.54) is 70.6 Å². The van der Waals surface area contributed by atoms with Crippen molar-refractivity contribution in [2.24, 2.45) is 0 Å². The number of carbonyl (C=O) groups is 1. The maximum Gasteiger partial charge on any atom is 0.334 e. The van der Waals surface area contributed by atoms with Crippen LogP contribution in [-0.4, -0.2) is 40.8 Å². The van der Waals surface area contributed by atoms with Gasteiger partial charge in [0.15, 0.2) is 11.9 Å². The molecule has 0 aromatic heterocycles. The lowest BCUT2D eigenvalue weighted by molar-refractivity contribution is -0.156. The summed E-state index contributed by atoms with van der Waals surface area (Å²) in [7, 11) is 0. The van der Waals surface area contributed by atoms with Crippen molar-refractivity contribution in [3.63, 3.8) is 0 Å². The highest BCUT2D eigenvalue weighted by molar-refractivity contribution is 5.91. The fourth-order valence-corrected chi connectivity index (χ4v) is 4.24. The number of aliphatic hydroxyl groups excluding tert-OH is 2. The Balaban J connectivity index is 1.44. The molecule has 5 heteroatoms. The summed E-state index contributed by atoms with van der Waals surface area (Å²) in [6.07, 6.45) is 21.9. The van der Waals surface area contributed by atoms with Crippen LogP contribution in [0.3, 0.4) is 0 Å². The summed E-state index contributed by atoms with van der Waals surface area (Å²) in [4.78, 5) is 12.0. The van der Waals surface area contributed by atoms with Crippen LogP contribution in [0.1, 0.15) is 103 Å². The molecule has 30 heavy (non-hydrogen) atoms. The molecule has 0 amide bonds. The van der Waals surface area contributed by atoms with Gasteiger partial charge in [0, 0.05) is 12.0 Å². The number of hydrogen-bond acceptors (Lipinski definition) is 5. The Morgan fingerprint density at radius 3 is 2.03 bits per heavy atom. The minimum absolute atomic E-state index is 0.0474. The molecule has 2 N–H and O–H groups in total. The van der Waals surface area contributed by atoms with Gasteiger partial charge >= 0.3 is 5.97 Å². The van der Waals surface area contributed by atoms with E-state index in [-0.39, 0.29) is 12.6 Å². The number of hydrogen-bond donors (Lipinski definition) is 2. The predicted octanol–water partition coefficient (Wildman–Crippen LogP) is 5.35. The summed E-state index contributed by atoms with van der Waals surface area (Å²) < 4.78 is 10.4. The van der Waals surface area contributed by atoms with Gasteiger partial charge in [-0.05, 0) is 38.5 Å². The molecule has 0 aliphatic carbocycles. The Kier molecular flexibility index (Phi) is 11.7. The fourth-order valence-electron chi connectivity index (χ4n) is 4.24. The monoisotopic (exact) mass is 422 g/mol. The molecule has 2 rings (SSSR count). The van der Waals surface area contributed by atoms with Crippen LogP contribution < -0.4 is 0 Å². The molecule has 172 valence electrons. The summed E-state index contributed by atoms with van der Waals surface area (Å²) in [5, 5.41) is 19.5. The van der Waals surface area contributed by atoms with E-state index < -0.39 is 18.0 Å². The number of carbonyl (C=O) groups excluding carboxylic acids is 1. The van der Waals surface area contributed by atoms with Crippen molar-refractivity contribution in [2.75, 3.05) is 6.61 Å². The highest BCUT2D eigenvalue weighted by Gasteiger charge is 2.56. The number of rotatable bonds is 15. The lowest BCUT2D eigenvalue weighted by Crippen LogP contribution is -2.43. The normalized spacial score (nSPS) is 27.7. The molecule has 0 aromatic rings. The SMILES string of the molecule is CCCCCCCC/C=C\CCCCCCC/C=C1/C[C@]2(COC(O)[C@@H]2O)OC1=O. The van der Waals surface area contributed by atoms with Crippen LogP contribution in [0.5, 0.6) is 0 Å². The van der Waals surface area contributed by atoms with Crippen molar-refractivity contribution in [3.05, 3.63) is 23.8 Å². The van der Waals surface area contributed by atoms with E-state index in [4.69, 9.17) is 9.47 Å². The van der Waals surface area contributed by atoms with Gasteiger partial charge in [0.05, 0.1) is 6.61 Å². The summed E-state index contributed by atoms with van der Waals surface area (Å²) in [6, 6.07) is 0. The third-order valence-electron chi connectivity index (χ3n) is 6.21. The topological polar surface area (TPSA) is 76.0 Å². The third-order valence-corrected chi connectivity index (χ3v) is 6.21. The van der Waals surface area contributed by atoms with Crippen LogP contribution in [0.15, 0.2) is 23.8 Å². The number of aliphatic hydroxyl groups is 2. The Morgan fingerprint density at radius 2 is 1.47 bits per heavy atom. The second kappa shape index (κ2) is 14.0. The van der Waals surface area contributed by atoms with Crippen molar-refractivity contribution in [2.45, 2.75) is 121 Å². The zero-order chi connectivity index (χ0) is 21.7. The predicted molar refractivity (Wildman–Crippen MR) is 119 cm³/mol. The molecule has 5 nitrogen and oxygen atoms in total. The molecule has 2 aliphatic heterocycles. The molecular formula is C25H42O5. The molecule has 0 saturated carbocycles. The van der Waals surface area contributed by atoms with Gasteiger partial charge in [-0.3, -0.25) is 0 Å². The third kappa shape index (κ3) is 8.16. The number of unbranched alkanes of at least 4 members (excludes halogenated alkanes) is 12. The second-order valence-electron chi connectivity index (χ2n) is 8.88.